The van der Waals surface area contributed by atoms with Crippen molar-refractivity contribution in [2.45, 2.75) is 6.10 Å². The van der Waals surface area contributed by atoms with E-state index in [9.17, 15) is 0 Å². The number of hydrogen-bond acceptors (Lipinski definition) is 5. The van der Waals surface area contributed by atoms with Crippen molar-refractivity contribution in [2.75, 3.05) is 33.9 Å². The molecule has 1 aromatic carbocycles. The second-order valence-corrected chi connectivity index (χ2v) is 4.41. The third-order valence-corrected chi connectivity index (χ3v) is 3.24. The molecule has 2 aromatic rings. The zero-order valence-electron chi connectivity index (χ0n) is 11.0. The van der Waals surface area contributed by atoms with Crippen LogP contribution in [0.2, 0.25) is 0 Å². The number of nitrogens with zero attached hydrogens (tertiary/aromatic N) is 1. The quantitative estimate of drug-likeness (QED) is 0.872. The van der Waals surface area contributed by atoms with Gasteiger partial charge in [0, 0.05) is 25.2 Å². The first-order valence-electron chi connectivity index (χ1n) is 6.26. The van der Waals surface area contributed by atoms with Crippen LogP contribution in [0.25, 0.3) is 11.0 Å². The number of ether oxygens (including phenoxy) is 3. The van der Waals surface area contributed by atoms with Gasteiger partial charge in [0.15, 0.2) is 11.5 Å². The minimum Gasteiger partial charge on any atom is -0.493 e. The number of aromatic amines is 1. The van der Waals surface area contributed by atoms with Gasteiger partial charge in [0.1, 0.15) is 11.9 Å². The summed E-state index contributed by atoms with van der Waals surface area (Å²) in [5.74, 6) is 2.20. The van der Waals surface area contributed by atoms with Crippen LogP contribution in [0.15, 0.2) is 12.1 Å². The average Bonchev–Trinajstić information content (AvgIpc) is 2.89. The van der Waals surface area contributed by atoms with Gasteiger partial charge in [-0.05, 0) is 0 Å². The van der Waals surface area contributed by atoms with Gasteiger partial charge in [0.2, 0.25) is 0 Å². The summed E-state index contributed by atoms with van der Waals surface area (Å²) < 4.78 is 16.2. The molecule has 1 atom stereocenters. The smallest absolute Gasteiger partial charge is 0.163 e. The fourth-order valence-electron chi connectivity index (χ4n) is 2.25. The molecule has 0 amide bonds. The summed E-state index contributed by atoms with van der Waals surface area (Å²) in [7, 11) is 3.24. The lowest BCUT2D eigenvalue weighted by Gasteiger charge is -2.21. The second kappa shape index (κ2) is 5.07. The summed E-state index contributed by atoms with van der Waals surface area (Å²) in [4.78, 5) is 7.84. The highest BCUT2D eigenvalue weighted by Gasteiger charge is 2.20. The Bertz CT molecular complexity index is 535. The minimum atomic E-state index is -0.0295. The molecular weight excluding hydrogens is 246 g/mol. The van der Waals surface area contributed by atoms with Crippen molar-refractivity contribution in [3.63, 3.8) is 0 Å². The predicted octanol–water partition coefficient (Wildman–Crippen LogP) is 1.24. The van der Waals surface area contributed by atoms with E-state index in [1.807, 2.05) is 12.1 Å². The van der Waals surface area contributed by atoms with Crippen molar-refractivity contribution in [1.82, 2.24) is 15.3 Å². The van der Waals surface area contributed by atoms with Crippen LogP contribution < -0.4 is 14.8 Å². The first kappa shape index (κ1) is 12.3. The van der Waals surface area contributed by atoms with Crippen LogP contribution in [0.1, 0.15) is 11.9 Å². The van der Waals surface area contributed by atoms with Gasteiger partial charge in [0.25, 0.3) is 0 Å². The van der Waals surface area contributed by atoms with E-state index in [0.29, 0.717) is 18.1 Å². The molecule has 102 valence electrons. The van der Waals surface area contributed by atoms with Gasteiger partial charge in [-0.3, -0.25) is 0 Å². The number of fused-ring (bicyclic) bond motifs is 1. The van der Waals surface area contributed by atoms with Crippen LogP contribution in [-0.4, -0.2) is 43.9 Å². The van der Waals surface area contributed by atoms with E-state index in [1.54, 1.807) is 14.2 Å². The highest BCUT2D eigenvalue weighted by molar-refractivity contribution is 5.79. The highest BCUT2D eigenvalue weighted by Crippen LogP contribution is 2.32. The third kappa shape index (κ3) is 2.24. The van der Waals surface area contributed by atoms with Gasteiger partial charge in [-0.2, -0.15) is 0 Å². The Balaban J connectivity index is 1.99. The van der Waals surface area contributed by atoms with Crippen molar-refractivity contribution in [3.8, 4) is 11.5 Å². The van der Waals surface area contributed by atoms with Crippen molar-refractivity contribution in [2.24, 2.45) is 0 Å². The molecule has 19 heavy (non-hydrogen) atoms. The summed E-state index contributed by atoms with van der Waals surface area (Å²) in [5.41, 5.74) is 1.77. The number of nitrogens with one attached hydrogen (secondary N) is 2. The number of H-pyrrole nitrogens is 1. The van der Waals surface area contributed by atoms with Gasteiger partial charge in [-0.15, -0.1) is 0 Å². The average molecular weight is 263 g/mol. The maximum atomic E-state index is 5.69. The summed E-state index contributed by atoms with van der Waals surface area (Å²) in [6.45, 7) is 2.36. The molecule has 3 rings (SSSR count). The lowest BCUT2D eigenvalue weighted by atomic mass is 10.3. The van der Waals surface area contributed by atoms with Crippen LogP contribution in [0.5, 0.6) is 11.5 Å². The summed E-state index contributed by atoms with van der Waals surface area (Å²) in [6, 6.07) is 3.76. The predicted molar refractivity (Wildman–Crippen MR) is 70.8 cm³/mol. The number of morpholine rings is 1. The number of methoxy groups -OCH3 is 2. The van der Waals surface area contributed by atoms with Crippen LogP contribution in [0.3, 0.4) is 0 Å². The van der Waals surface area contributed by atoms with E-state index in [4.69, 9.17) is 14.2 Å². The summed E-state index contributed by atoms with van der Waals surface area (Å²) in [6.07, 6.45) is -0.0295. The van der Waals surface area contributed by atoms with E-state index in [0.717, 1.165) is 29.9 Å². The molecule has 1 aliphatic heterocycles. The zero-order chi connectivity index (χ0) is 13.2. The molecule has 2 heterocycles. The van der Waals surface area contributed by atoms with E-state index in [2.05, 4.69) is 15.3 Å². The first-order chi connectivity index (χ1) is 9.31. The topological polar surface area (TPSA) is 68.4 Å². The molecular formula is C13H17N3O3. The molecule has 1 aromatic heterocycles. The highest BCUT2D eigenvalue weighted by atomic mass is 16.5. The number of aromatic nitrogens is 2. The number of rotatable bonds is 3. The molecule has 6 heteroatoms. The van der Waals surface area contributed by atoms with Crippen molar-refractivity contribution in [3.05, 3.63) is 18.0 Å². The monoisotopic (exact) mass is 263 g/mol. The first-order valence-corrected chi connectivity index (χ1v) is 6.26. The standard InChI is InChI=1S/C13H17N3O3/c1-17-10-5-8-9(6-11(10)18-2)16-13(15-8)12-7-14-3-4-19-12/h5-6,12,14H,3-4,7H2,1-2H3,(H,15,16). The minimum absolute atomic E-state index is 0.0295. The van der Waals surface area contributed by atoms with Crippen molar-refractivity contribution < 1.29 is 14.2 Å². The van der Waals surface area contributed by atoms with E-state index in [-0.39, 0.29) is 6.10 Å². The molecule has 2 N–H and O–H groups in total. The molecule has 0 spiro atoms. The molecule has 1 aliphatic rings. The van der Waals surface area contributed by atoms with Gasteiger partial charge < -0.3 is 24.5 Å². The van der Waals surface area contributed by atoms with Crippen LogP contribution in [-0.2, 0) is 4.74 Å². The van der Waals surface area contributed by atoms with E-state index < -0.39 is 0 Å². The fourth-order valence-corrected chi connectivity index (χ4v) is 2.25. The van der Waals surface area contributed by atoms with Crippen LogP contribution in [0, 0.1) is 0 Å². The van der Waals surface area contributed by atoms with Gasteiger partial charge in [-0.25, -0.2) is 4.98 Å². The Morgan fingerprint density at radius 3 is 2.74 bits per heavy atom. The largest absolute Gasteiger partial charge is 0.493 e. The fraction of sp³-hybridized carbons (Fsp3) is 0.462. The van der Waals surface area contributed by atoms with Crippen LogP contribution >= 0.6 is 0 Å². The SMILES string of the molecule is COc1cc2nc(C3CNCCO3)[nH]c2cc1OC. The molecule has 1 fully saturated rings. The Morgan fingerprint density at radius 2 is 2.05 bits per heavy atom. The Kier molecular flexibility index (Phi) is 3.27. The van der Waals surface area contributed by atoms with E-state index in [1.165, 1.54) is 0 Å². The van der Waals surface area contributed by atoms with Crippen molar-refractivity contribution in [1.29, 1.82) is 0 Å². The number of benzene rings is 1. The molecule has 0 radical (unpaired) electrons. The molecule has 0 aliphatic carbocycles. The van der Waals surface area contributed by atoms with Crippen molar-refractivity contribution >= 4 is 11.0 Å². The molecule has 0 saturated carbocycles. The summed E-state index contributed by atoms with van der Waals surface area (Å²) >= 11 is 0. The van der Waals surface area contributed by atoms with E-state index >= 15 is 0 Å². The molecule has 1 saturated heterocycles. The van der Waals surface area contributed by atoms with Gasteiger partial charge in [0.05, 0.1) is 31.9 Å². The third-order valence-electron chi connectivity index (χ3n) is 3.24. The van der Waals surface area contributed by atoms with Gasteiger partial charge in [-0.1, -0.05) is 0 Å². The van der Waals surface area contributed by atoms with Crippen LogP contribution in [0.4, 0.5) is 0 Å². The maximum absolute atomic E-state index is 5.69. The lowest BCUT2D eigenvalue weighted by Crippen LogP contribution is -2.33. The lowest BCUT2D eigenvalue weighted by molar-refractivity contribution is 0.0228. The Labute approximate surface area is 111 Å². The molecule has 0 bridgehead atoms. The van der Waals surface area contributed by atoms with Gasteiger partial charge >= 0.3 is 0 Å². The maximum Gasteiger partial charge on any atom is 0.163 e. The number of hydrogen-bond donors (Lipinski definition) is 2. The Hall–Kier alpha value is -1.79. The molecule has 6 nitrogen and oxygen atoms in total. The normalized spacial score (nSPS) is 19.6. The molecule has 1 unspecified atom stereocenters. The Morgan fingerprint density at radius 1 is 1.26 bits per heavy atom. The zero-order valence-corrected chi connectivity index (χ0v) is 11.0. The summed E-state index contributed by atoms with van der Waals surface area (Å²) in [5, 5.41) is 3.29. The second-order valence-electron chi connectivity index (χ2n) is 4.41. The number of imidazole rings is 1.